The van der Waals surface area contributed by atoms with Crippen LogP contribution >= 0.6 is 0 Å². The van der Waals surface area contributed by atoms with Crippen LogP contribution < -0.4 is 0 Å². The fourth-order valence-electron chi connectivity index (χ4n) is 9.08. The van der Waals surface area contributed by atoms with Crippen molar-refractivity contribution in [3.8, 4) is 0 Å². The van der Waals surface area contributed by atoms with Crippen LogP contribution in [0.15, 0.2) is 11.6 Å². The van der Waals surface area contributed by atoms with Gasteiger partial charge in [-0.3, -0.25) is 4.79 Å². The lowest BCUT2D eigenvalue weighted by Crippen LogP contribution is -2.78. The van der Waals surface area contributed by atoms with Gasteiger partial charge in [0.2, 0.25) is 0 Å². The van der Waals surface area contributed by atoms with E-state index in [-0.39, 0.29) is 13.0 Å². The summed E-state index contributed by atoms with van der Waals surface area (Å²) in [7, 11) is 0. The van der Waals surface area contributed by atoms with E-state index in [4.69, 9.17) is 18.9 Å². The van der Waals surface area contributed by atoms with E-state index >= 15 is 0 Å². The third-order valence-corrected chi connectivity index (χ3v) is 10.8. The summed E-state index contributed by atoms with van der Waals surface area (Å²) >= 11 is 0. The van der Waals surface area contributed by atoms with Gasteiger partial charge in [-0.2, -0.15) is 0 Å². The number of aliphatic hydroxyl groups is 8. The lowest BCUT2D eigenvalue weighted by molar-refractivity contribution is -0.361. The van der Waals surface area contributed by atoms with E-state index in [0.29, 0.717) is 5.57 Å². The Kier molecular flexibility index (Phi) is 6.58. The van der Waals surface area contributed by atoms with Gasteiger partial charge in [0, 0.05) is 35.2 Å². The number of hydrogen-bond acceptors (Lipinski definition) is 14. The van der Waals surface area contributed by atoms with Gasteiger partial charge in [0.05, 0.1) is 13.2 Å². The maximum atomic E-state index is 13.6. The predicted octanol–water partition coefficient (Wildman–Crippen LogP) is -4.07. The molecule has 0 aromatic carbocycles. The average molecular weight is 573 g/mol. The van der Waals surface area contributed by atoms with Crippen LogP contribution in [-0.2, 0) is 28.5 Å². The molecule has 0 unspecified atom stereocenters. The summed E-state index contributed by atoms with van der Waals surface area (Å²) in [6.07, 6.45) is -12.9. The second kappa shape index (κ2) is 9.22. The Balaban J connectivity index is 1.48. The Morgan fingerprint density at radius 3 is 2.40 bits per heavy atom. The highest BCUT2D eigenvalue weighted by atomic mass is 16.7. The van der Waals surface area contributed by atoms with E-state index in [0.717, 1.165) is 0 Å². The summed E-state index contributed by atoms with van der Waals surface area (Å²) in [5.41, 5.74) is -2.13. The van der Waals surface area contributed by atoms with Crippen LogP contribution in [0.2, 0.25) is 0 Å². The molecule has 6 aliphatic rings. The summed E-state index contributed by atoms with van der Waals surface area (Å²) in [5, 5.41) is 85.8. The van der Waals surface area contributed by atoms with Crippen molar-refractivity contribution in [1.29, 1.82) is 0 Å². The maximum Gasteiger partial charge on any atom is 0.336 e. The van der Waals surface area contributed by atoms with Crippen molar-refractivity contribution >= 4 is 11.8 Å². The molecular formula is C26H36O14. The minimum atomic E-state index is -2.33. The Hall–Kier alpha value is -1.56. The van der Waals surface area contributed by atoms with Gasteiger partial charge in [-0.25, -0.2) is 4.79 Å². The van der Waals surface area contributed by atoms with Crippen LogP contribution in [-0.4, -0.2) is 133 Å². The average Bonchev–Trinajstić information content (AvgIpc) is 3.20. The zero-order valence-corrected chi connectivity index (χ0v) is 21.9. The number of ketones is 1. The highest BCUT2D eigenvalue weighted by Crippen LogP contribution is 2.73. The van der Waals surface area contributed by atoms with Gasteiger partial charge in [0.25, 0.3) is 0 Å². The molecule has 8 N–H and O–H groups in total. The smallest absolute Gasteiger partial charge is 0.336 e. The number of hydrogen-bond donors (Lipinski definition) is 8. The molecule has 14 nitrogen and oxygen atoms in total. The molecule has 3 aliphatic heterocycles. The summed E-state index contributed by atoms with van der Waals surface area (Å²) in [6, 6.07) is 0. The molecule has 2 bridgehead atoms. The van der Waals surface area contributed by atoms with E-state index in [1.807, 2.05) is 0 Å². The molecule has 0 radical (unpaired) electrons. The van der Waals surface area contributed by atoms with E-state index in [2.05, 4.69) is 0 Å². The quantitative estimate of drug-likeness (QED) is 0.150. The molecule has 3 aliphatic carbocycles. The van der Waals surface area contributed by atoms with Crippen molar-refractivity contribution in [2.45, 2.75) is 81.2 Å². The number of carbonyl (C=O) groups is 2. The van der Waals surface area contributed by atoms with Crippen molar-refractivity contribution in [3.05, 3.63) is 11.6 Å². The molecule has 1 spiro atoms. The first kappa shape index (κ1) is 28.6. The van der Waals surface area contributed by atoms with E-state index in [9.17, 15) is 50.4 Å². The van der Waals surface area contributed by atoms with E-state index < -0.39 is 120 Å². The van der Waals surface area contributed by atoms with Gasteiger partial charge in [-0.05, 0) is 25.3 Å². The topological polar surface area (TPSA) is 233 Å². The number of aliphatic hydroxyl groups excluding tert-OH is 7. The van der Waals surface area contributed by atoms with Gasteiger partial charge in [-0.1, -0.05) is 12.5 Å². The molecular weight excluding hydrogens is 536 g/mol. The monoisotopic (exact) mass is 572 g/mol. The van der Waals surface area contributed by atoms with Crippen LogP contribution in [0.4, 0.5) is 0 Å². The molecule has 0 amide bonds. The standard InChI is InChI=1S/C26H36O14/c1-8-3-11(29)20(34)24(2)10(8)4-13-25-7-37-26(36,23(24)25)19(33)9(5-27)14(25)18(21(35)39-13)40-22-17(32)16(31)15(30)12(6-28)38-22/h3,9-10,12-20,22-23,27-28,30-34,36H,4-7H2,1-2H3/t9-,10+,12-,13-,14-,15-,16+,17-,18-,19-,20-,22+,23-,24-,25+,26+/m1/s1. The second-order valence-electron chi connectivity index (χ2n) is 12.4. The molecule has 14 heteroatoms. The third-order valence-electron chi connectivity index (χ3n) is 10.8. The molecule has 0 aromatic rings. The van der Waals surface area contributed by atoms with Gasteiger partial charge < -0.3 is 59.8 Å². The fraction of sp³-hybridized carbons (Fsp3) is 0.846. The third kappa shape index (κ3) is 3.32. The highest BCUT2D eigenvalue weighted by Gasteiger charge is 2.84. The van der Waals surface area contributed by atoms with Crippen molar-refractivity contribution < 1.29 is 69.4 Å². The zero-order valence-electron chi connectivity index (χ0n) is 21.9. The van der Waals surface area contributed by atoms with Crippen molar-refractivity contribution in [2.24, 2.45) is 34.5 Å². The first-order valence-electron chi connectivity index (χ1n) is 13.5. The minimum absolute atomic E-state index is 0.155. The summed E-state index contributed by atoms with van der Waals surface area (Å²) in [6.45, 7) is 1.60. The summed E-state index contributed by atoms with van der Waals surface area (Å²) in [4.78, 5) is 26.4. The van der Waals surface area contributed by atoms with Crippen LogP contribution in [0.5, 0.6) is 0 Å². The lowest BCUT2D eigenvalue weighted by Gasteiger charge is -2.68. The van der Waals surface area contributed by atoms with Crippen molar-refractivity contribution in [3.63, 3.8) is 0 Å². The van der Waals surface area contributed by atoms with Gasteiger partial charge in [0.15, 0.2) is 24.0 Å². The van der Waals surface area contributed by atoms with Gasteiger partial charge in [-0.15, -0.1) is 0 Å². The molecule has 0 aromatic heterocycles. The van der Waals surface area contributed by atoms with E-state index in [1.165, 1.54) is 6.08 Å². The molecule has 6 rings (SSSR count). The summed E-state index contributed by atoms with van der Waals surface area (Å²) in [5.74, 6) is -7.89. The van der Waals surface area contributed by atoms with Crippen molar-refractivity contribution in [2.75, 3.05) is 19.8 Å². The maximum absolute atomic E-state index is 13.6. The van der Waals surface area contributed by atoms with Gasteiger partial charge in [0.1, 0.15) is 42.7 Å². The number of ether oxygens (including phenoxy) is 4. The van der Waals surface area contributed by atoms with Crippen LogP contribution in [0.3, 0.4) is 0 Å². The minimum Gasteiger partial charge on any atom is -0.460 e. The lowest BCUT2D eigenvalue weighted by atomic mass is 9.38. The van der Waals surface area contributed by atoms with Crippen LogP contribution in [0.25, 0.3) is 0 Å². The molecule has 224 valence electrons. The summed E-state index contributed by atoms with van der Waals surface area (Å²) < 4.78 is 23.2. The number of esters is 1. The zero-order chi connectivity index (χ0) is 29.1. The number of allylic oxidation sites excluding steroid dienone is 1. The Morgan fingerprint density at radius 1 is 1.05 bits per heavy atom. The largest absolute Gasteiger partial charge is 0.460 e. The number of rotatable bonds is 4. The normalized spacial score (nSPS) is 57.1. The Morgan fingerprint density at radius 2 is 1.75 bits per heavy atom. The van der Waals surface area contributed by atoms with E-state index in [1.54, 1.807) is 13.8 Å². The van der Waals surface area contributed by atoms with Crippen LogP contribution in [0.1, 0.15) is 20.3 Å². The van der Waals surface area contributed by atoms with Gasteiger partial charge >= 0.3 is 5.97 Å². The molecule has 5 fully saturated rings. The highest BCUT2D eigenvalue weighted by molar-refractivity contribution is 5.96. The molecule has 40 heavy (non-hydrogen) atoms. The fourth-order valence-corrected chi connectivity index (χ4v) is 9.08. The number of fused-ring (bicyclic) bond motifs is 1. The first-order valence-corrected chi connectivity index (χ1v) is 13.5. The SMILES string of the molecule is CC1=CC(=O)[C@@H](O)[C@]2(C)[C@H]3[C@@]4(O)OC[C@]35[C@H]([C@@H](CO)[C@H]4O)[C@@H](O[C@@H]3O[C@H](CO)[C@@H](O)[C@H](O)[C@H]3O)C(=O)O[C@@H]5C[C@@H]12. The Labute approximate surface area is 228 Å². The van der Waals surface area contributed by atoms with Crippen LogP contribution in [0, 0.1) is 34.5 Å². The Bertz CT molecular complexity index is 1110. The van der Waals surface area contributed by atoms with Crippen molar-refractivity contribution in [1.82, 2.24) is 0 Å². The molecule has 16 atom stereocenters. The second-order valence-corrected chi connectivity index (χ2v) is 12.4. The first-order chi connectivity index (χ1) is 18.8. The predicted molar refractivity (Wildman–Crippen MR) is 126 cm³/mol. The molecule has 3 saturated heterocycles. The number of carbonyl (C=O) groups excluding carboxylic acids is 2. The molecule has 2 saturated carbocycles. The molecule has 3 heterocycles.